The highest BCUT2D eigenvalue weighted by Crippen LogP contribution is 2.42. The van der Waals surface area contributed by atoms with Crippen molar-refractivity contribution in [3.8, 4) is 0 Å². The van der Waals surface area contributed by atoms with E-state index in [1.54, 1.807) is 0 Å². The molecular formula is C16H32N2. The van der Waals surface area contributed by atoms with E-state index in [0.29, 0.717) is 5.41 Å². The van der Waals surface area contributed by atoms with Gasteiger partial charge < -0.3 is 10.2 Å². The number of nitrogens with zero attached hydrogens (tertiary/aromatic N) is 1. The summed E-state index contributed by atoms with van der Waals surface area (Å²) in [5.41, 5.74) is 0.488. The largest absolute Gasteiger partial charge is 0.313 e. The van der Waals surface area contributed by atoms with Gasteiger partial charge in [-0.1, -0.05) is 27.7 Å². The topological polar surface area (TPSA) is 15.3 Å². The van der Waals surface area contributed by atoms with Gasteiger partial charge in [0.2, 0.25) is 0 Å². The van der Waals surface area contributed by atoms with Crippen molar-refractivity contribution in [2.24, 2.45) is 11.3 Å². The van der Waals surface area contributed by atoms with Crippen LogP contribution in [0.15, 0.2) is 0 Å². The minimum atomic E-state index is 0.488. The summed E-state index contributed by atoms with van der Waals surface area (Å²) < 4.78 is 0. The Balaban J connectivity index is 1.94. The fourth-order valence-electron chi connectivity index (χ4n) is 3.83. The zero-order chi connectivity index (χ0) is 13.2. The van der Waals surface area contributed by atoms with E-state index < -0.39 is 0 Å². The number of nitrogens with one attached hydrogen (secondary N) is 1. The molecule has 1 N–H and O–H groups in total. The average Bonchev–Trinajstić information content (AvgIpc) is 3.11. The zero-order valence-electron chi connectivity index (χ0n) is 12.8. The van der Waals surface area contributed by atoms with E-state index in [9.17, 15) is 0 Å². The number of hydrogen-bond donors (Lipinski definition) is 1. The van der Waals surface area contributed by atoms with Crippen molar-refractivity contribution in [1.82, 2.24) is 10.2 Å². The Kier molecular flexibility index (Phi) is 4.71. The van der Waals surface area contributed by atoms with Crippen LogP contribution in [0, 0.1) is 11.3 Å². The van der Waals surface area contributed by atoms with Crippen LogP contribution in [0.2, 0.25) is 0 Å². The van der Waals surface area contributed by atoms with Crippen LogP contribution in [-0.4, -0.2) is 36.6 Å². The summed E-state index contributed by atoms with van der Waals surface area (Å²) in [5.74, 6) is 0.868. The third-order valence-corrected chi connectivity index (χ3v) is 4.94. The molecule has 2 saturated carbocycles. The standard InChI is InChI=1S/C16H32N2/c1-5-11-18(14-7-8-14)12-13-9-10-16(3,4)15(13)17-6-2/h13-15,17H,5-12H2,1-4H3. The van der Waals surface area contributed by atoms with Crippen LogP contribution in [-0.2, 0) is 0 Å². The molecule has 0 spiro atoms. The predicted octanol–water partition coefficient (Wildman–Crippen LogP) is 3.28. The lowest BCUT2D eigenvalue weighted by atomic mass is 9.84. The van der Waals surface area contributed by atoms with Crippen molar-refractivity contribution in [2.45, 2.75) is 71.9 Å². The van der Waals surface area contributed by atoms with E-state index >= 15 is 0 Å². The molecule has 0 amide bonds. The third-order valence-electron chi connectivity index (χ3n) is 4.94. The summed E-state index contributed by atoms with van der Waals surface area (Å²) in [5, 5.41) is 3.76. The smallest absolute Gasteiger partial charge is 0.0159 e. The van der Waals surface area contributed by atoms with Crippen molar-refractivity contribution in [3.63, 3.8) is 0 Å². The Morgan fingerprint density at radius 2 is 1.89 bits per heavy atom. The number of hydrogen-bond acceptors (Lipinski definition) is 2. The quantitative estimate of drug-likeness (QED) is 0.748. The second-order valence-corrected chi connectivity index (χ2v) is 7.05. The maximum absolute atomic E-state index is 3.76. The monoisotopic (exact) mass is 252 g/mol. The van der Waals surface area contributed by atoms with Crippen LogP contribution in [0.5, 0.6) is 0 Å². The SMILES string of the molecule is CCCN(CC1CCC(C)(C)C1NCC)C1CC1. The third kappa shape index (κ3) is 3.27. The molecule has 2 heteroatoms. The molecule has 18 heavy (non-hydrogen) atoms. The van der Waals surface area contributed by atoms with E-state index in [2.05, 4.69) is 37.9 Å². The molecule has 0 aromatic carbocycles. The molecule has 106 valence electrons. The first kappa shape index (κ1) is 14.3. The zero-order valence-corrected chi connectivity index (χ0v) is 12.8. The summed E-state index contributed by atoms with van der Waals surface area (Å²) in [6.45, 7) is 13.2. The Morgan fingerprint density at radius 3 is 2.44 bits per heavy atom. The predicted molar refractivity (Wildman–Crippen MR) is 78.9 cm³/mol. The second kappa shape index (κ2) is 5.92. The van der Waals surface area contributed by atoms with Gasteiger partial charge in [0.05, 0.1) is 0 Å². The van der Waals surface area contributed by atoms with E-state index in [1.165, 1.54) is 45.2 Å². The fraction of sp³-hybridized carbons (Fsp3) is 1.00. The van der Waals surface area contributed by atoms with Crippen LogP contribution in [0.1, 0.15) is 59.8 Å². The van der Waals surface area contributed by atoms with Crippen LogP contribution in [0.25, 0.3) is 0 Å². The molecule has 0 aliphatic heterocycles. The van der Waals surface area contributed by atoms with E-state index in [4.69, 9.17) is 0 Å². The summed E-state index contributed by atoms with van der Waals surface area (Å²) in [4.78, 5) is 2.77. The summed E-state index contributed by atoms with van der Waals surface area (Å²) >= 11 is 0. The summed E-state index contributed by atoms with van der Waals surface area (Å²) in [7, 11) is 0. The molecular weight excluding hydrogens is 220 g/mol. The van der Waals surface area contributed by atoms with Gasteiger partial charge in [0.1, 0.15) is 0 Å². The molecule has 2 aliphatic carbocycles. The van der Waals surface area contributed by atoms with Gasteiger partial charge in [-0.25, -0.2) is 0 Å². The van der Waals surface area contributed by atoms with Gasteiger partial charge in [-0.05, 0) is 56.5 Å². The Morgan fingerprint density at radius 1 is 1.17 bits per heavy atom. The number of rotatable bonds is 7. The molecule has 2 nitrogen and oxygen atoms in total. The molecule has 0 saturated heterocycles. The minimum Gasteiger partial charge on any atom is -0.313 e. The van der Waals surface area contributed by atoms with E-state index in [1.807, 2.05) is 0 Å². The summed E-state index contributed by atoms with van der Waals surface area (Å²) in [6, 6.07) is 1.65. The van der Waals surface area contributed by atoms with Crippen LogP contribution >= 0.6 is 0 Å². The molecule has 0 aromatic rings. The fourth-order valence-corrected chi connectivity index (χ4v) is 3.83. The first-order valence-electron chi connectivity index (χ1n) is 8.06. The molecule has 2 unspecified atom stereocenters. The van der Waals surface area contributed by atoms with Gasteiger partial charge in [-0.15, -0.1) is 0 Å². The van der Waals surface area contributed by atoms with Gasteiger partial charge in [0, 0.05) is 18.6 Å². The maximum atomic E-state index is 3.76. The second-order valence-electron chi connectivity index (χ2n) is 7.05. The average molecular weight is 252 g/mol. The summed E-state index contributed by atoms with van der Waals surface area (Å²) in [6.07, 6.45) is 7.00. The normalized spacial score (nSPS) is 31.2. The first-order valence-corrected chi connectivity index (χ1v) is 8.06. The molecule has 0 heterocycles. The highest BCUT2D eigenvalue weighted by Gasteiger charge is 2.43. The van der Waals surface area contributed by atoms with Gasteiger partial charge in [0.25, 0.3) is 0 Å². The van der Waals surface area contributed by atoms with Crippen LogP contribution < -0.4 is 5.32 Å². The lowest BCUT2D eigenvalue weighted by molar-refractivity contribution is 0.178. The molecule has 2 rings (SSSR count). The van der Waals surface area contributed by atoms with Gasteiger partial charge in [-0.2, -0.15) is 0 Å². The Hall–Kier alpha value is -0.0800. The molecule has 2 fully saturated rings. The first-order chi connectivity index (χ1) is 8.58. The molecule has 0 radical (unpaired) electrons. The maximum Gasteiger partial charge on any atom is 0.0159 e. The van der Waals surface area contributed by atoms with Crippen molar-refractivity contribution >= 4 is 0 Å². The molecule has 0 bridgehead atoms. The van der Waals surface area contributed by atoms with E-state index in [-0.39, 0.29) is 0 Å². The highest BCUT2D eigenvalue weighted by molar-refractivity contribution is 4.98. The molecule has 2 atom stereocenters. The van der Waals surface area contributed by atoms with Crippen molar-refractivity contribution < 1.29 is 0 Å². The lowest BCUT2D eigenvalue weighted by Crippen LogP contribution is -2.46. The van der Waals surface area contributed by atoms with E-state index in [0.717, 1.165) is 24.5 Å². The van der Waals surface area contributed by atoms with Gasteiger partial charge in [0.15, 0.2) is 0 Å². The van der Waals surface area contributed by atoms with Crippen molar-refractivity contribution in [3.05, 3.63) is 0 Å². The molecule has 2 aliphatic rings. The van der Waals surface area contributed by atoms with Crippen LogP contribution in [0.3, 0.4) is 0 Å². The van der Waals surface area contributed by atoms with Crippen molar-refractivity contribution in [1.29, 1.82) is 0 Å². The Bertz CT molecular complexity index is 258. The highest BCUT2D eigenvalue weighted by atomic mass is 15.2. The minimum absolute atomic E-state index is 0.488. The Labute approximate surface area is 114 Å². The van der Waals surface area contributed by atoms with Crippen LogP contribution in [0.4, 0.5) is 0 Å². The molecule has 0 aromatic heterocycles. The van der Waals surface area contributed by atoms with Gasteiger partial charge in [-0.3, -0.25) is 0 Å². The van der Waals surface area contributed by atoms with Crippen molar-refractivity contribution in [2.75, 3.05) is 19.6 Å². The van der Waals surface area contributed by atoms with Gasteiger partial charge >= 0.3 is 0 Å². The lowest BCUT2D eigenvalue weighted by Gasteiger charge is -2.34.